The van der Waals surface area contributed by atoms with E-state index >= 15 is 0 Å². The van der Waals surface area contributed by atoms with Gasteiger partial charge in [0, 0.05) is 5.56 Å². The number of benzene rings is 2. The Morgan fingerprint density at radius 2 is 1.88 bits per heavy atom. The number of halogens is 2. The highest BCUT2D eigenvalue weighted by molar-refractivity contribution is 6.30. The summed E-state index contributed by atoms with van der Waals surface area (Å²) >= 11 is 5.63. The third-order valence-corrected chi connectivity index (χ3v) is 2.62. The highest BCUT2D eigenvalue weighted by Gasteiger charge is 2.05. The van der Waals surface area contributed by atoms with Gasteiger partial charge in [-0.3, -0.25) is 0 Å². The average Bonchev–Trinajstić information content (AvgIpc) is 2.32. The summed E-state index contributed by atoms with van der Waals surface area (Å²) in [5, 5.41) is 0.113. The molecule has 78 valence electrons. The van der Waals surface area contributed by atoms with Crippen LogP contribution in [0.25, 0.3) is 11.1 Å². The first-order valence-corrected chi connectivity index (χ1v) is 5.11. The third-order valence-electron chi connectivity index (χ3n) is 2.31. The molecule has 0 radical (unpaired) electrons. The minimum absolute atomic E-state index is 0.113. The molecule has 0 bridgehead atoms. The zero-order valence-electron chi connectivity index (χ0n) is 8.37. The predicted molar refractivity (Wildman–Crippen MR) is 64.8 cm³/mol. The van der Waals surface area contributed by atoms with Gasteiger partial charge in [-0.25, -0.2) is 4.39 Å². The van der Waals surface area contributed by atoms with Gasteiger partial charge in [-0.05, 0) is 29.3 Å². The lowest BCUT2D eigenvalue weighted by molar-refractivity contribution is 0.629. The Morgan fingerprint density at radius 1 is 1.12 bits per heavy atom. The van der Waals surface area contributed by atoms with E-state index in [4.69, 9.17) is 18.0 Å². The van der Waals surface area contributed by atoms with Crippen LogP contribution in [0.1, 0.15) is 5.56 Å². The maximum Gasteiger partial charge on any atom is 0.142 e. The van der Waals surface area contributed by atoms with Crippen molar-refractivity contribution in [1.82, 2.24) is 0 Å². The van der Waals surface area contributed by atoms with Gasteiger partial charge in [-0.1, -0.05) is 41.8 Å². The van der Waals surface area contributed by atoms with E-state index in [2.05, 4.69) is 5.92 Å². The molecule has 0 N–H and O–H groups in total. The summed E-state index contributed by atoms with van der Waals surface area (Å²) < 4.78 is 13.3. The standard InChI is InChI=1S/C14H8ClF/c1-2-10-5-3-4-6-12(10)11-7-8-13(15)14(16)9-11/h1,3-9H. The molecule has 0 saturated carbocycles. The summed E-state index contributed by atoms with van der Waals surface area (Å²) in [5.74, 6) is 2.13. The molecule has 2 aromatic carbocycles. The highest BCUT2D eigenvalue weighted by Crippen LogP contribution is 2.26. The lowest BCUT2D eigenvalue weighted by Crippen LogP contribution is -1.85. The molecule has 0 unspecified atom stereocenters. The van der Waals surface area contributed by atoms with Gasteiger partial charge in [0.25, 0.3) is 0 Å². The quantitative estimate of drug-likeness (QED) is 0.647. The maximum absolute atomic E-state index is 13.3. The minimum atomic E-state index is -0.439. The first kappa shape index (κ1) is 10.7. The molecule has 0 fully saturated rings. The van der Waals surface area contributed by atoms with Crippen LogP contribution < -0.4 is 0 Å². The molecule has 0 nitrogen and oxygen atoms in total. The SMILES string of the molecule is C#Cc1ccccc1-c1ccc(Cl)c(F)c1. The summed E-state index contributed by atoms with van der Waals surface area (Å²) in [7, 11) is 0. The average molecular weight is 231 g/mol. The van der Waals surface area contributed by atoms with Gasteiger partial charge in [0.05, 0.1) is 5.02 Å². The van der Waals surface area contributed by atoms with Crippen LogP contribution in [0.3, 0.4) is 0 Å². The van der Waals surface area contributed by atoms with Crippen molar-refractivity contribution in [3.8, 4) is 23.5 Å². The second-order valence-electron chi connectivity index (χ2n) is 3.32. The summed E-state index contributed by atoms with van der Waals surface area (Å²) in [6.45, 7) is 0. The fraction of sp³-hybridized carbons (Fsp3) is 0. The molecule has 2 heteroatoms. The van der Waals surface area contributed by atoms with E-state index in [9.17, 15) is 4.39 Å². The molecule has 0 amide bonds. The zero-order valence-corrected chi connectivity index (χ0v) is 9.13. The Labute approximate surface area is 98.7 Å². The van der Waals surface area contributed by atoms with E-state index in [0.717, 1.165) is 16.7 Å². The summed E-state index contributed by atoms with van der Waals surface area (Å²) in [6, 6.07) is 12.1. The van der Waals surface area contributed by atoms with Crippen LogP contribution in [0.2, 0.25) is 5.02 Å². The van der Waals surface area contributed by atoms with Crippen LogP contribution in [0.4, 0.5) is 4.39 Å². The Hall–Kier alpha value is -1.78. The van der Waals surface area contributed by atoms with Crippen molar-refractivity contribution in [2.45, 2.75) is 0 Å². The largest absolute Gasteiger partial charge is 0.205 e. The van der Waals surface area contributed by atoms with E-state index in [1.165, 1.54) is 12.1 Å². The van der Waals surface area contributed by atoms with Gasteiger partial charge in [0.2, 0.25) is 0 Å². The topological polar surface area (TPSA) is 0 Å². The van der Waals surface area contributed by atoms with Crippen molar-refractivity contribution in [2.24, 2.45) is 0 Å². The second kappa shape index (κ2) is 4.38. The van der Waals surface area contributed by atoms with Gasteiger partial charge in [-0.2, -0.15) is 0 Å². The van der Waals surface area contributed by atoms with Crippen molar-refractivity contribution in [3.05, 3.63) is 58.9 Å². The van der Waals surface area contributed by atoms with E-state index < -0.39 is 5.82 Å². The van der Waals surface area contributed by atoms with Crippen LogP contribution in [-0.2, 0) is 0 Å². The second-order valence-corrected chi connectivity index (χ2v) is 3.73. The van der Waals surface area contributed by atoms with Crippen molar-refractivity contribution < 1.29 is 4.39 Å². The van der Waals surface area contributed by atoms with Gasteiger partial charge in [-0.15, -0.1) is 6.42 Å². The van der Waals surface area contributed by atoms with Crippen LogP contribution >= 0.6 is 11.6 Å². The Morgan fingerprint density at radius 3 is 2.56 bits per heavy atom. The monoisotopic (exact) mass is 230 g/mol. The molecule has 0 saturated heterocycles. The molecular formula is C14H8ClF. The lowest BCUT2D eigenvalue weighted by atomic mass is 10.0. The Bertz CT molecular complexity index is 567. The lowest BCUT2D eigenvalue weighted by Gasteiger charge is -2.05. The normalized spacial score (nSPS) is 9.81. The van der Waals surface area contributed by atoms with Crippen molar-refractivity contribution in [1.29, 1.82) is 0 Å². The van der Waals surface area contributed by atoms with E-state index in [-0.39, 0.29) is 5.02 Å². The first-order chi connectivity index (χ1) is 7.72. The number of hydrogen-bond donors (Lipinski definition) is 0. The molecule has 0 aliphatic heterocycles. The molecule has 0 spiro atoms. The fourth-order valence-electron chi connectivity index (χ4n) is 1.52. The first-order valence-electron chi connectivity index (χ1n) is 4.73. The van der Waals surface area contributed by atoms with Crippen LogP contribution in [0.15, 0.2) is 42.5 Å². The van der Waals surface area contributed by atoms with E-state index in [1.54, 1.807) is 6.07 Å². The molecule has 16 heavy (non-hydrogen) atoms. The van der Waals surface area contributed by atoms with Gasteiger partial charge >= 0.3 is 0 Å². The van der Waals surface area contributed by atoms with Crippen LogP contribution in [-0.4, -0.2) is 0 Å². The minimum Gasteiger partial charge on any atom is -0.205 e. The van der Waals surface area contributed by atoms with Crippen LogP contribution in [0.5, 0.6) is 0 Å². The predicted octanol–water partition coefficient (Wildman–Crippen LogP) is 4.13. The number of terminal acetylenes is 1. The molecule has 0 aromatic heterocycles. The summed E-state index contributed by atoms with van der Waals surface area (Å²) in [4.78, 5) is 0. The Balaban J connectivity index is 2.60. The molecule has 0 aliphatic rings. The van der Waals surface area contributed by atoms with Crippen molar-refractivity contribution in [3.63, 3.8) is 0 Å². The third kappa shape index (κ3) is 1.93. The molecule has 0 atom stereocenters. The van der Waals surface area contributed by atoms with Crippen molar-refractivity contribution in [2.75, 3.05) is 0 Å². The molecule has 2 rings (SSSR count). The van der Waals surface area contributed by atoms with E-state index in [0.29, 0.717) is 0 Å². The van der Waals surface area contributed by atoms with Gasteiger partial charge in [0.1, 0.15) is 5.82 Å². The zero-order chi connectivity index (χ0) is 11.5. The number of rotatable bonds is 1. The van der Waals surface area contributed by atoms with Crippen LogP contribution in [0, 0.1) is 18.2 Å². The molecule has 0 heterocycles. The molecular weight excluding hydrogens is 223 g/mol. The summed E-state index contributed by atoms with van der Waals surface area (Å²) in [5.41, 5.74) is 2.31. The fourth-order valence-corrected chi connectivity index (χ4v) is 1.64. The van der Waals surface area contributed by atoms with Gasteiger partial charge in [0.15, 0.2) is 0 Å². The molecule has 2 aromatic rings. The highest BCUT2D eigenvalue weighted by atomic mass is 35.5. The van der Waals surface area contributed by atoms with Gasteiger partial charge < -0.3 is 0 Å². The molecule has 0 aliphatic carbocycles. The Kier molecular flexibility index (Phi) is 2.94. The number of hydrogen-bond acceptors (Lipinski definition) is 0. The maximum atomic E-state index is 13.3. The smallest absolute Gasteiger partial charge is 0.142 e. The summed E-state index contributed by atoms with van der Waals surface area (Å²) in [6.07, 6.45) is 5.39. The van der Waals surface area contributed by atoms with E-state index in [1.807, 2.05) is 24.3 Å². The van der Waals surface area contributed by atoms with Crippen molar-refractivity contribution >= 4 is 11.6 Å².